The highest BCUT2D eigenvalue weighted by molar-refractivity contribution is 5.67. The normalized spacial score (nSPS) is 11.1. The molecule has 0 aliphatic rings. The molecule has 1 amide bonds. The molecule has 0 saturated heterocycles. The molecule has 0 aromatic rings. The maximum atomic E-state index is 11.1. The summed E-state index contributed by atoms with van der Waals surface area (Å²) in [6, 6.07) is 0. The van der Waals surface area contributed by atoms with Crippen LogP contribution in [0, 0.1) is 0 Å². The number of nitrogens with one attached hydrogen (secondary N) is 2. The van der Waals surface area contributed by atoms with Crippen LogP contribution in [-0.2, 0) is 9.57 Å². The van der Waals surface area contributed by atoms with Gasteiger partial charge in [0.05, 0.1) is 6.61 Å². The van der Waals surface area contributed by atoms with Gasteiger partial charge in [0.25, 0.3) is 0 Å². The second-order valence-corrected chi connectivity index (χ2v) is 3.76. The van der Waals surface area contributed by atoms with Crippen LogP contribution in [0.1, 0.15) is 27.7 Å². The molecular formula is C9H20N2O3. The van der Waals surface area contributed by atoms with Gasteiger partial charge in [0.2, 0.25) is 0 Å². The molecule has 2 N–H and O–H groups in total. The minimum atomic E-state index is -0.447. The number of hydroxylamine groups is 1. The zero-order valence-corrected chi connectivity index (χ0v) is 9.35. The molecule has 5 heteroatoms. The number of hydrogen-bond acceptors (Lipinski definition) is 4. The van der Waals surface area contributed by atoms with Gasteiger partial charge >= 0.3 is 6.09 Å². The third kappa shape index (κ3) is 9.28. The van der Waals surface area contributed by atoms with Crippen LogP contribution < -0.4 is 10.8 Å². The SMILES string of the molecule is CCONCCNC(=O)OC(C)(C)C. The molecule has 0 aliphatic carbocycles. The van der Waals surface area contributed by atoms with Crippen molar-refractivity contribution in [2.24, 2.45) is 0 Å². The third-order valence-electron chi connectivity index (χ3n) is 1.14. The van der Waals surface area contributed by atoms with E-state index in [2.05, 4.69) is 10.8 Å². The van der Waals surface area contributed by atoms with E-state index in [4.69, 9.17) is 9.57 Å². The summed E-state index contributed by atoms with van der Waals surface area (Å²) in [6.45, 7) is 9.00. The zero-order chi connectivity index (χ0) is 11.0. The van der Waals surface area contributed by atoms with Crippen molar-refractivity contribution in [3.05, 3.63) is 0 Å². The van der Waals surface area contributed by atoms with Crippen LogP contribution in [0.5, 0.6) is 0 Å². The Morgan fingerprint density at radius 3 is 2.43 bits per heavy atom. The van der Waals surface area contributed by atoms with Crippen LogP contribution >= 0.6 is 0 Å². The Bertz CT molecular complexity index is 166. The number of amides is 1. The summed E-state index contributed by atoms with van der Waals surface area (Å²) in [6.07, 6.45) is -0.407. The fraction of sp³-hybridized carbons (Fsp3) is 0.889. The highest BCUT2D eigenvalue weighted by atomic mass is 16.6. The number of carbonyl (C=O) groups excluding carboxylic acids is 1. The molecule has 0 aromatic carbocycles. The van der Waals surface area contributed by atoms with Crippen molar-refractivity contribution in [3.8, 4) is 0 Å². The molecule has 0 spiro atoms. The first-order chi connectivity index (χ1) is 6.45. The lowest BCUT2D eigenvalue weighted by atomic mass is 10.2. The summed E-state index contributed by atoms with van der Waals surface area (Å²) in [5, 5.41) is 2.59. The van der Waals surface area contributed by atoms with Gasteiger partial charge in [-0.3, -0.25) is 0 Å². The van der Waals surface area contributed by atoms with Gasteiger partial charge in [0.15, 0.2) is 0 Å². The van der Waals surface area contributed by atoms with E-state index in [1.165, 1.54) is 0 Å². The topological polar surface area (TPSA) is 59.6 Å². The number of hydrogen-bond donors (Lipinski definition) is 2. The summed E-state index contributed by atoms with van der Waals surface area (Å²) in [5.41, 5.74) is 2.24. The molecule has 0 radical (unpaired) electrons. The quantitative estimate of drug-likeness (QED) is 0.519. The Balaban J connectivity index is 3.36. The van der Waals surface area contributed by atoms with Crippen molar-refractivity contribution in [3.63, 3.8) is 0 Å². The van der Waals surface area contributed by atoms with Crippen molar-refractivity contribution >= 4 is 6.09 Å². The highest BCUT2D eigenvalue weighted by Crippen LogP contribution is 2.05. The first kappa shape index (κ1) is 13.2. The fourth-order valence-corrected chi connectivity index (χ4v) is 0.704. The molecule has 5 nitrogen and oxygen atoms in total. The number of carbonyl (C=O) groups is 1. The summed E-state index contributed by atoms with van der Waals surface area (Å²) in [5.74, 6) is 0. The second kappa shape index (κ2) is 6.62. The molecule has 0 aliphatic heterocycles. The number of alkyl carbamates (subject to hydrolysis) is 1. The summed E-state index contributed by atoms with van der Waals surface area (Å²) in [4.78, 5) is 16.0. The standard InChI is InChI=1S/C9H20N2O3/c1-5-13-11-7-6-10-8(12)14-9(2,3)4/h11H,5-7H2,1-4H3,(H,10,12). The second-order valence-electron chi connectivity index (χ2n) is 3.76. The van der Waals surface area contributed by atoms with E-state index in [1.807, 2.05) is 27.7 Å². The van der Waals surface area contributed by atoms with E-state index in [1.54, 1.807) is 0 Å². The van der Waals surface area contributed by atoms with Crippen molar-refractivity contribution in [1.29, 1.82) is 0 Å². The Labute approximate surface area is 85.1 Å². The van der Waals surface area contributed by atoms with Crippen LogP contribution in [0.15, 0.2) is 0 Å². The van der Waals surface area contributed by atoms with Gasteiger partial charge in [-0.05, 0) is 27.7 Å². The van der Waals surface area contributed by atoms with Gasteiger partial charge in [0, 0.05) is 13.1 Å². The van der Waals surface area contributed by atoms with Crippen LogP contribution in [0.3, 0.4) is 0 Å². The lowest BCUT2D eigenvalue weighted by Gasteiger charge is -2.19. The molecule has 0 heterocycles. The van der Waals surface area contributed by atoms with E-state index < -0.39 is 11.7 Å². The Morgan fingerprint density at radius 2 is 1.93 bits per heavy atom. The Hall–Kier alpha value is -0.810. The van der Waals surface area contributed by atoms with E-state index in [-0.39, 0.29) is 0 Å². The zero-order valence-electron chi connectivity index (χ0n) is 9.35. The lowest BCUT2D eigenvalue weighted by molar-refractivity contribution is 0.0435. The highest BCUT2D eigenvalue weighted by Gasteiger charge is 2.15. The average molecular weight is 204 g/mol. The molecular weight excluding hydrogens is 184 g/mol. The number of ether oxygens (including phenoxy) is 1. The summed E-state index contributed by atoms with van der Waals surface area (Å²) in [7, 11) is 0. The minimum absolute atomic E-state index is 0.407. The average Bonchev–Trinajstić information content (AvgIpc) is 2.00. The van der Waals surface area contributed by atoms with E-state index in [0.717, 1.165) is 0 Å². The summed E-state index contributed by atoms with van der Waals surface area (Å²) < 4.78 is 5.03. The molecule has 14 heavy (non-hydrogen) atoms. The molecule has 0 unspecified atom stereocenters. The maximum absolute atomic E-state index is 11.1. The largest absolute Gasteiger partial charge is 0.444 e. The van der Waals surface area contributed by atoms with Gasteiger partial charge < -0.3 is 14.9 Å². The smallest absolute Gasteiger partial charge is 0.407 e. The lowest BCUT2D eigenvalue weighted by Crippen LogP contribution is -2.36. The van der Waals surface area contributed by atoms with Crippen LogP contribution in [0.25, 0.3) is 0 Å². The molecule has 0 rings (SSSR count). The van der Waals surface area contributed by atoms with Crippen molar-refractivity contribution in [2.45, 2.75) is 33.3 Å². The van der Waals surface area contributed by atoms with Gasteiger partial charge in [-0.15, -0.1) is 0 Å². The van der Waals surface area contributed by atoms with Gasteiger partial charge in [-0.2, -0.15) is 0 Å². The van der Waals surface area contributed by atoms with Crippen molar-refractivity contribution < 1.29 is 14.4 Å². The van der Waals surface area contributed by atoms with Crippen LogP contribution in [0.2, 0.25) is 0 Å². The Kier molecular flexibility index (Phi) is 6.23. The predicted octanol–water partition coefficient (Wildman–Crippen LogP) is 1.05. The Morgan fingerprint density at radius 1 is 1.29 bits per heavy atom. The van der Waals surface area contributed by atoms with Crippen LogP contribution in [0.4, 0.5) is 4.79 Å². The summed E-state index contributed by atoms with van der Waals surface area (Å²) >= 11 is 0. The molecule has 84 valence electrons. The van der Waals surface area contributed by atoms with Crippen molar-refractivity contribution in [1.82, 2.24) is 10.8 Å². The maximum Gasteiger partial charge on any atom is 0.407 e. The molecule has 0 atom stereocenters. The number of rotatable bonds is 5. The van der Waals surface area contributed by atoms with E-state index in [0.29, 0.717) is 19.7 Å². The molecule has 0 fully saturated rings. The molecule has 0 aromatic heterocycles. The van der Waals surface area contributed by atoms with E-state index in [9.17, 15) is 4.79 Å². The first-order valence-electron chi connectivity index (χ1n) is 4.77. The van der Waals surface area contributed by atoms with Gasteiger partial charge in [-0.25, -0.2) is 10.3 Å². The van der Waals surface area contributed by atoms with Crippen molar-refractivity contribution in [2.75, 3.05) is 19.7 Å². The molecule has 0 saturated carbocycles. The third-order valence-corrected chi connectivity index (χ3v) is 1.14. The first-order valence-corrected chi connectivity index (χ1v) is 4.77. The fourth-order valence-electron chi connectivity index (χ4n) is 0.704. The monoisotopic (exact) mass is 204 g/mol. The molecule has 0 bridgehead atoms. The predicted molar refractivity (Wildman–Crippen MR) is 53.9 cm³/mol. The minimum Gasteiger partial charge on any atom is -0.444 e. The van der Waals surface area contributed by atoms with Crippen LogP contribution in [-0.4, -0.2) is 31.4 Å². The van der Waals surface area contributed by atoms with E-state index >= 15 is 0 Å². The van der Waals surface area contributed by atoms with Gasteiger partial charge in [0.1, 0.15) is 5.60 Å². The van der Waals surface area contributed by atoms with Gasteiger partial charge in [-0.1, -0.05) is 0 Å².